The van der Waals surface area contributed by atoms with Crippen molar-refractivity contribution in [1.29, 1.82) is 0 Å². The summed E-state index contributed by atoms with van der Waals surface area (Å²) in [5.41, 5.74) is 3.44. The zero-order chi connectivity index (χ0) is 15.6. The molecule has 1 aliphatic carbocycles. The molecule has 3 aromatic heterocycles. The predicted molar refractivity (Wildman–Crippen MR) is 91.2 cm³/mol. The molecule has 1 aliphatic rings. The van der Waals surface area contributed by atoms with Gasteiger partial charge < -0.3 is 9.88 Å². The fourth-order valence-corrected chi connectivity index (χ4v) is 4.58. The van der Waals surface area contributed by atoms with Crippen molar-refractivity contribution in [3.63, 3.8) is 0 Å². The molecule has 6 heteroatoms. The third-order valence-corrected chi connectivity index (χ3v) is 5.66. The summed E-state index contributed by atoms with van der Waals surface area (Å²) in [7, 11) is 4.05. The van der Waals surface area contributed by atoms with Gasteiger partial charge in [-0.05, 0) is 29.4 Å². The van der Waals surface area contributed by atoms with Crippen LogP contribution in [0.3, 0.4) is 0 Å². The maximum atomic E-state index is 12.1. The normalized spacial score (nSPS) is 16.4. The monoisotopic (exact) mass is 314 g/mol. The zero-order valence-corrected chi connectivity index (χ0v) is 14.0. The molecule has 0 radical (unpaired) electrons. The highest BCUT2D eigenvalue weighted by molar-refractivity contribution is 7.25. The molecule has 0 aromatic carbocycles. The standard InChI is InChI=1S/C16H18N4OS/c1-16(2)6-5-8-10(16)9-11-12(14(21)18-7-17-11)22-15(9)19-13(8)20(3)4/h7H,5-6H2,1-4H3,(H,17,18,21). The average Bonchev–Trinajstić information content (AvgIpc) is 2.97. The number of pyridine rings is 1. The summed E-state index contributed by atoms with van der Waals surface area (Å²) in [5, 5.41) is 1.08. The number of thiophene rings is 1. The van der Waals surface area contributed by atoms with E-state index in [1.165, 1.54) is 28.8 Å². The minimum absolute atomic E-state index is 0.0797. The number of aromatic amines is 1. The number of rotatable bonds is 1. The Morgan fingerprint density at radius 3 is 2.86 bits per heavy atom. The maximum absolute atomic E-state index is 12.1. The van der Waals surface area contributed by atoms with Crippen molar-refractivity contribution in [2.75, 3.05) is 19.0 Å². The van der Waals surface area contributed by atoms with E-state index in [9.17, 15) is 4.79 Å². The van der Waals surface area contributed by atoms with E-state index in [1.54, 1.807) is 0 Å². The fourth-order valence-electron chi connectivity index (χ4n) is 3.56. The minimum Gasteiger partial charge on any atom is -0.362 e. The van der Waals surface area contributed by atoms with Crippen LogP contribution in [0.1, 0.15) is 31.4 Å². The summed E-state index contributed by atoms with van der Waals surface area (Å²) >= 11 is 1.44. The van der Waals surface area contributed by atoms with Gasteiger partial charge in [0, 0.05) is 19.5 Å². The predicted octanol–water partition coefficient (Wildman–Crippen LogP) is 2.82. The van der Waals surface area contributed by atoms with Gasteiger partial charge in [0.25, 0.3) is 5.56 Å². The molecule has 4 rings (SSSR count). The Balaban J connectivity index is 2.27. The topological polar surface area (TPSA) is 61.9 Å². The number of hydrogen-bond acceptors (Lipinski definition) is 5. The van der Waals surface area contributed by atoms with Crippen LogP contribution in [-0.2, 0) is 11.8 Å². The molecule has 0 unspecified atom stereocenters. The molecule has 5 nitrogen and oxygen atoms in total. The molecule has 0 saturated carbocycles. The second-order valence-corrected chi connectivity index (χ2v) is 7.76. The Bertz CT molecular complexity index is 968. The molecule has 0 atom stereocenters. The third kappa shape index (κ3) is 1.67. The van der Waals surface area contributed by atoms with Gasteiger partial charge in [-0.25, -0.2) is 9.97 Å². The van der Waals surface area contributed by atoms with Gasteiger partial charge in [0.05, 0.1) is 11.8 Å². The smallest absolute Gasteiger partial charge is 0.268 e. The van der Waals surface area contributed by atoms with Crippen LogP contribution >= 0.6 is 11.3 Å². The van der Waals surface area contributed by atoms with E-state index in [0.29, 0.717) is 4.70 Å². The van der Waals surface area contributed by atoms with Crippen molar-refractivity contribution < 1.29 is 0 Å². The lowest BCUT2D eigenvalue weighted by atomic mass is 9.85. The van der Waals surface area contributed by atoms with E-state index in [-0.39, 0.29) is 11.0 Å². The number of anilines is 1. The summed E-state index contributed by atoms with van der Waals surface area (Å²) in [6, 6.07) is 0. The van der Waals surface area contributed by atoms with Crippen LogP contribution in [0, 0.1) is 0 Å². The summed E-state index contributed by atoms with van der Waals surface area (Å²) in [5.74, 6) is 1.02. The van der Waals surface area contributed by atoms with Crippen molar-refractivity contribution >= 4 is 37.6 Å². The van der Waals surface area contributed by atoms with Gasteiger partial charge >= 0.3 is 0 Å². The Morgan fingerprint density at radius 1 is 1.36 bits per heavy atom. The molecule has 22 heavy (non-hydrogen) atoms. The third-order valence-electron chi connectivity index (χ3n) is 4.59. The first-order valence-electron chi connectivity index (χ1n) is 7.41. The minimum atomic E-state index is -0.0797. The number of nitrogens with zero attached hydrogens (tertiary/aromatic N) is 3. The molecule has 0 amide bonds. The number of aromatic nitrogens is 3. The molecular formula is C16H18N4OS. The van der Waals surface area contributed by atoms with Crippen LogP contribution in [0.15, 0.2) is 11.1 Å². The molecule has 1 N–H and O–H groups in total. The summed E-state index contributed by atoms with van der Waals surface area (Å²) in [6.07, 6.45) is 3.62. The molecule has 0 fully saturated rings. The van der Waals surface area contributed by atoms with E-state index >= 15 is 0 Å². The van der Waals surface area contributed by atoms with E-state index < -0.39 is 0 Å². The average molecular weight is 314 g/mol. The van der Waals surface area contributed by atoms with Gasteiger partial charge in [-0.15, -0.1) is 11.3 Å². The first-order valence-corrected chi connectivity index (χ1v) is 8.22. The SMILES string of the molecule is CN(C)c1nc2sc3c(=O)[nH]cnc3c2c2c1CCC2(C)C. The van der Waals surface area contributed by atoms with Crippen molar-refractivity contribution in [3.05, 3.63) is 27.8 Å². The highest BCUT2D eigenvalue weighted by Crippen LogP contribution is 2.48. The number of hydrogen-bond donors (Lipinski definition) is 1. The van der Waals surface area contributed by atoms with Crippen molar-refractivity contribution in [3.8, 4) is 0 Å². The quantitative estimate of drug-likeness (QED) is 0.750. The van der Waals surface area contributed by atoms with Gasteiger partial charge in [0.15, 0.2) is 0 Å². The summed E-state index contributed by atoms with van der Waals surface area (Å²) in [6.45, 7) is 4.54. The summed E-state index contributed by atoms with van der Waals surface area (Å²) < 4.78 is 0.672. The van der Waals surface area contributed by atoms with Crippen LogP contribution in [0.5, 0.6) is 0 Å². The van der Waals surface area contributed by atoms with Crippen molar-refractivity contribution in [2.45, 2.75) is 32.1 Å². The van der Waals surface area contributed by atoms with E-state index in [1.807, 2.05) is 14.1 Å². The fraction of sp³-hybridized carbons (Fsp3) is 0.438. The number of nitrogens with one attached hydrogen (secondary N) is 1. The van der Waals surface area contributed by atoms with E-state index in [4.69, 9.17) is 4.98 Å². The Hall–Kier alpha value is -1.95. The Labute approximate surface area is 132 Å². The van der Waals surface area contributed by atoms with Gasteiger partial charge in [-0.2, -0.15) is 0 Å². The molecule has 3 heterocycles. The molecule has 0 spiro atoms. The maximum Gasteiger partial charge on any atom is 0.268 e. The molecule has 0 bridgehead atoms. The summed E-state index contributed by atoms with van der Waals surface area (Å²) in [4.78, 5) is 27.0. The van der Waals surface area contributed by atoms with Gasteiger partial charge in [-0.3, -0.25) is 4.79 Å². The Morgan fingerprint density at radius 2 is 2.14 bits per heavy atom. The van der Waals surface area contributed by atoms with E-state index in [0.717, 1.165) is 34.4 Å². The van der Waals surface area contributed by atoms with Crippen molar-refractivity contribution in [1.82, 2.24) is 15.0 Å². The van der Waals surface area contributed by atoms with Gasteiger partial charge in [-0.1, -0.05) is 13.8 Å². The zero-order valence-electron chi connectivity index (χ0n) is 13.1. The Kier molecular flexibility index (Phi) is 2.67. The second-order valence-electron chi connectivity index (χ2n) is 6.76. The lowest BCUT2D eigenvalue weighted by Gasteiger charge is -2.22. The lowest BCUT2D eigenvalue weighted by Crippen LogP contribution is -2.16. The number of H-pyrrole nitrogens is 1. The van der Waals surface area contributed by atoms with Crippen LogP contribution < -0.4 is 10.5 Å². The van der Waals surface area contributed by atoms with Gasteiger partial charge in [0.2, 0.25) is 0 Å². The first-order chi connectivity index (χ1) is 10.4. The highest BCUT2D eigenvalue weighted by Gasteiger charge is 2.36. The molecule has 0 aliphatic heterocycles. The van der Waals surface area contributed by atoms with Crippen LogP contribution in [-0.4, -0.2) is 29.0 Å². The molecule has 0 saturated heterocycles. The lowest BCUT2D eigenvalue weighted by molar-refractivity contribution is 0.526. The molecule has 114 valence electrons. The van der Waals surface area contributed by atoms with Gasteiger partial charge in [0.1, 0.15) is 15.3 Å². The second kappa shape index (κ2) is 4.29. The number of fused-ring (bicyclic) bond motifs is 5. The first kappa shape index (κ1) is 13.7. The van der Waals surface area contributed by atoms with Crippen molar-refractivity contribution in [2.24, 2.45) is 0 Å². The molecule has 3 aromatic rings. The highest BCUT2D eigenvalue weighted by atomic mass is 32.1. The van der Waals surface area contributed by atoms with Crippen LogP contribution in [0.4, 0.5) is 5.82 Å². The van der Waals surface area contributed by atoms with Crippen LogP contribution in [0.2, 0.25) is 0 Å². The van der Waals surface area contributed by atoms with E-state index in [2.05, 4.69) is 28.7 Å². The molecular weight excluding hydrogens is 296 g/mol. The largest absolute Gasteiger partial charge is 0.362 e. The van der Waals surface area contributed by atoms with Crippen LogP contribution in [0.25, 0.3) is 20.4 Å².